The first-order chi connectivity index (χ1) is 16.3. The molecule has 8 nitrogen and oxygen atoms in total. The predicted molar refractivity (Wildman–Crippen MR) is 129 cm³/mol. The normalized spacial score (nSPS) is 17.2. The number of rotatable bonds is 6. The van der Waals surface area contributed by atoms with Gasteiger partial charge < -0.3 is 23.9 Å². The maximum atomic E-state index is 13.2. The molecule has 3 aromatic rings. The third-order valence-corrected chi connectivity index (χ3v) is 5.93. The number of ether oxygens (including phenoxy) is 2. The van der Waals surface area contributed by atoms with Crippen molar-refractivity contribution in [1.29, 1.82) is 0 Å². The van der Waals surface area contributed by atoms with Crippen molar-refractivity contribution in [3.63, 3.8) is 0 Å². The van der Waals surface area contributed by atoms with Gasteiger partial charge in [0.1, 0.15) is 29.1 Å². The van der Waals surface area contributed by atoms with E-state index < -0.39 is 23.5 Å². The highest BCUT2D eigenvalue weighted by Crippen LogP contribution is 2.45. The van der Waals surface area contributed by atoms with Gasteiger partial charge in [-0.1, -0.05) is 11.6 Å². The van der Waals surface area contributed by atoms with E-state index in [0.717, 1.165) is 5.69 Å². The van der Waals surface area contributed by atoms with E-state index in [2.05, 4.69) is 0 Å². The molecule has 34 heavy (non-hydrogen) atoms. The summed E-state index contributed by atoms with van der Waals surface area (Å²) in [4.78, 5) is 29.7. The Kier molecular flexibility index (Phi) is 6.26. The highest BCUT2D eigenvalue weighted by atomic mass is 35.5. The van der Waals surface area contributed by atoms with Gasteiger partial charge in [0.05, 0.1) is 36.6 Å². The summed E-state index contributed by atoms with van der Waals surface area (Å²) in [5, 5.41) is 11.6. The van der Waals surface area contributed by atoms with Crippen LogP contribution in [0.15, 0.2) is 64.8 Å². The highest BCUT2D eigenvalue weighted by molar-refractivity contribution is 6.51. The van der Waals surface area contributed by atoms with Crippen LogP contribution in [0, 0.1) is 0 Å². The Morgan fingerprint density at radius 2 is 1.74 bits per heavy atom. The summed E-state index contributed by atoms with van der Waals surface area (Å²) in [6.07, 6.45) is 1.44. The van der Waals surface area contributed by atoms with Crippen LogP contribution in [0.4, 0.5) is 11.4 Å². The molecule has 1 fully saturated rings. The second-order valence-corrected chi connectivity index (χ2v) is 8.19. The molecule has 176 valence electrons. The molecule has 1 aliphatic heterocycles. The summed E-state index contributed by atoms with van der Waals surface area (Å²) in [6, 6.07) is 12.4. The molecule has 0 radical (unpaired) electrons. The summed E-state index contributed by atoms with van der Waals surface area (Å²) in [5.41, 5.74) is 1.42. The molecular formula is C25H23ClN2O6. The number of furan rings is 1. The van der Waals surface area contributed by atoms with Crippen LogP contribution in [-0.4, -0.2) is 45.1 Å². The van der Waals surface area contributed by atoms with Crippen LogP contribution in [0.25, 0.3) is 5.76 Å². The van der Waals surface area contributed by atoms with Gasteiger partial charge in [0.25, 0.3) is 11.7 Å². The average Bonchev–Trinajstić information content (AvgIpc) is 3.45. The third kappa shape index (κ3) is 3.86. The molecule has 1 aliphatic rings. The molecule has 1 atom stereocenters. The number of nitrogens with zero attached hydrogens (tertiary/aromatic N) is 2. The number of Topliss-reactive ketones (excluding diaryl/α,β-unsaturated/α-hetero) is 1. The van der Waals surface area contributed by atoms with Crippen molar-refractivity contribution in [1.82, 2.24) is 0 Å². The number of aliphatic hydroxyl groups is 1. The molecule has 1 N–H and O–H groups in total. The van der Waals surface area contributed by atoms with E-state index in [-0.39, 0.29) is 27.7 Å². The molecule has 2 heterocycles. The fourth-order valence-electron chi connectivity index (χ4n) is 3.92. The van der Waals surface area contributed by atoms with Gasteiger partial charge in [-0.3, -0.25) is 14.5 Å². The van der Waals surface area contributed by atoms with Crippen molar-refractivity contribution in [2.45, 2.75) is 6.04 Å². The van der Waals surface area contributed by atoms with Crippen LogP contribution < -0.4 is 19.3 Å². The summed E-state index contributed by atoms with van der Waals surface area (Å²) in [6.45, 7) is 0. The van der Waals surface area contributed by atoms with Crippen molar-refractivity contribution >= 4 is 40.4 Å². The number of aliphatic hydroxyl groups excluding tert-OH is 1. The third-order valence-electron chi connectivity index (χ3n) is 5.63. The second-order valence-electron chi connectivity index (χ2n) is 7.78. The Morgan fingerprint density at radius 3 is 2.29 bits per heavy atom. The fraction of sp³-hybridized carbons (Fsp3) is 0.200. The van der Waals surface area contributed by atoms with Crippen LogP contribution in [-0.2, 0) is 9.59 Å². The molecule has 1 saturated heterocycles. The van der Waals surface area contributed by atoms with E-state index in [0.29, 0.717) is 11.4 Å². The van der Waals surface area contributed by atoms with E-state index in [1.54, 1.807) is 24.3 Å². The maximum absolute atomic E-state index is 13.2. The lowest BCUT2D eigenvalue weighted by Crippen LogP contribution is -2.29. The number of ketones is 1. The number of amides is 1. The average molecular weight is 483 g/mol. The molecule has 0 spiro atoms. The Labute approximate surface area is 201 Å². The zero-order valence-electron chi connectivity index (χ0n) is 19.0. The molecule has 1 amide bonds. The molecule has 0 aliphatic carbocycles. The van der Waals surface area contributed by atoms with E-state index in [4.69, 9.17) is 25.5 Å². The Hall–Kier alpha value is -3.91. The lowest BCUT2D eigenvalue weighted by atomic mass is 9.98. The van der Waals surface area contributed by atoms with E-state index in [9.17, 15) is 14.7 Å². The molecule has 1 aromatic heterocycles. The zero-order chi connectivity index (χ0) is 24.6. The number of benzene rings is 2. The summed E-state index contributed by atoms with van der Waals surface area (Å²) in [5.74, 6) is -1.28. The summed E-state index contributed by atoms with van der Waals surface area (Å²) >= 11 is 6.19. The van der Waals surface area contributed by atoms with E-state index in [1.165, 1.54) is 37.5 Å². The van der Waals surface area contributed by atoms with Gasteiger partial charge in [0.2, 0.25) is 0 Å². The molecule has 0 saturated carbocycles. The van der Waals surface area contributed by atoms with Crippen molar-refractivity contribution in [3.8, 4) is 11.5 Å². The van der Waals surface area contributed by atoms with Crippen molar-refractivity contribution < 1.29 is 28.6 Å². The number of carbonyl (C=O) groups excluding carboxylic acids is 2. The molecule has 1 unspecified atom stereocenters. The largest absolute Gasteiger partial charge is 0.507 e. The molecule has 9 heteroatoms. The fourth-order valence-corrected chi connectivity index (χ4v) is 4.15. The quantitative estimate of drug-likeness (QED) is 0.311. The monoisotopic (exact) mass is 482 g/mol. The SMILES string of the molecule is COc1cc(/C(O)=C2\C(=O)C(=O)N(c3ccc(N(C)C)cc3)C2c2ccco2)c(OC)cc1Cl. The van der Waals surface area contributed by atoms with E-state index in [1.807, 2.05) is 31.1 Å². The Bertz CT molecular complexity index is 1270. The van der Waals surface area contributed by atoms with Crippen molar-refractivity contribution in [2.75, 3.05) is 38.1 Å². The lowest BCUT2D eigenvalue weighted by molar-refractivity contribution is -0.132. The minimum atomic E-state index is -0.994. The number of anilines is 2. The molecule has 0 bridgehead atoms. The first kappa shape index (κ1) is 23.3. The molecule has 2 aromatic carbocycles. The Morgan fingerprint density at radius 1 is 1.06 bits per heavy atom. The number of hydrogen-bond donors (Lipinski definition) is 1. The zero-order valence-corrected chi connectivity index (χ0v) is 19.8. The van der Waals surface area contributed by atoms with Gasteiger partial charge in [0.15, 0.2) is 0 Å². The predicted octanol–water partition coefficient (Wildman–Crippen LogP) is 4.64. The van der Waals surface area contributed by atoms with Crippen LogP contribution >= 0.6 is 11.6 Å². The lowest BCUT2D eigenvalue weighted by Gasteiger charge is -2.24. The minimum Gasteiger partial charge on any atom is -0.507 e. The van der Waals surface area contributed by atoms with Crippen molar-refractivity contribution in [3.05, 3.63) is 76.7 Å². The first-order valence-electron chi connectivity index (χ1n) is 10.3. The van der Waals surface area contributed by atoms with Crippen molar-refractivity contribution in [2.24, 2.45) is 0 Å². The Balaban J connectivity index is 1.93. The van der Waals surface area contributed by atoms with Crippen LogP contribution in [0.1, 0.15) is 17.4 Å². The van der Waals surface area contributed by atoms with Gasteiger partial charge in [0, 0.05) is 31.5 Å². The van der Waals surface area contributed by atoms with Crippen LogP contribution in [0.2, 0.25) is 5.02 Å². The summed E-state index contributed by atoms with van der Waals surface area (Å²) in [7, 11) is 6.64. The number of methoxy groups -OCH3 is 2. The van der Waals surface area contributed by atoms with E-state index >= 15 is 0 Å². The van der Waals surface area contributed by atoms with Gasteiger partial charge in [-0.05, 0) is 42.5 Å². The molecule has 4 rings (SSSR count). The summed E-state index contributed by atoms with van der Waals surface area (Å²) < 4.78 is 16.2. The van der Waals surface area contributed by atoms with Gasteiger partial charge in [-0.15, -0.1) is 0 Å². The van der Waals surface area contributed by atoms with Crippen LogP contribution in [0.3, 0.4) is 0 Å². The second kappa shape index (κ2) is 9.15. The van der Waals surface area contributed by atoms with Crippen LogP contribution in [0.5, 0.6) is 11.5 Å². The number of halogens is 1. The van der Waals surface area contributed by atoms with Gasteiger partial charge >= 0.3 is 0 Å². The maximum Gasteiger partial charge on any atom is 0.300 e. The molecular weight excluding hydrogens is 460 g/mol. The number of carbonyl (C=O) groups is 2. The van der Waals surface area contributed by atoms with Gasteiger partial charge in [-0.2, -0.15) is 0 Å². The minimum absolute atomic E-state index is 0.140. The highest BCUT2D eigenvalue weighted by Gasteiger charge is 2.48. The smallest absolute Gasteiger partial charge is 0.300 e. The first-order valence-corrected chi connectivity index (χ1v) is 10.7. The standard InChI is InChI=1S/C25H23ClN2O6/c1-27(2)14-7-9-15(10-8-14)28-22(18-6-5-11-34-18)21(24(30)25(28)31)23(29)16-12-20(33-4)17(26)13-19(16)32-3/h5-13,22,29H,1-4H3/b23-21+. The topological polar surface area (TPSA) is 92.5 Å². The van der Waals surface area contributed by atoms with Gasteiger partial charge in [-0.25, -0.2) is 0 Å². The number of hydrogen-bond acceptors (Lipinski definition) is 7.